The molecule has 0 saturated carbocycles. The summed E-state index contributed by atoms with van der Waals surface area (Å²) in [5, 5.41) is 0.171. The second-order valence-electron chi connectivity index (χ2n) is 3.22. The van der Waals surface area contributed by atoms with Gasteiger partial charge < -0.3 is 0 Å². The smallest absolute Gasteiger partial charge is 0.0582 e. The number of alkyl halides is 1. The molecule has 0 amide bonds. The van der Waals surface area contributed by atoms with E-state index in [4.69, 9.17) is 11.6 Å². The van der Waals surface area contributed by atoms with Crippen LogP contribution in [0.2, 0.25) is 0 Å². The van der Waals surface area contributed by atoms with E-state index >= 15 is 0 Å². The van der Waals surface area contributed by atoms with Gasteiger partial charge in [-0.2, -0.15) is 0 Å². The molecule has 1 aromatic rings. The summed E-state index contributed by atoms with van der Waals surface area (Å²) in [7, 11) is 0. The van der Waals surface area contributed by atoms with Crippen LogP contribution < -0.4 is 0 Å². The fraction of sp³-hybridized carbons (Fsp3) is 0.455. The Morgan fingerprint density at radius 1 is 1.25 bits per heavy atom. The van der Waals surface area contributed by atoms with Crippen molar-refractivity contribution in [1.82, 2.24) is 0 Å². The van der Waals surface area contributed by atoms with Crippen molar-refractivity contribution in [3.63, 3.8) is 0 Å². The average Bonchev–Trinajstić information content (AvgIpc) is 2.08. The molecule has 1 rings (SSSR count). The molecule has 0 heterocycles. The van der Waals surface area contributed by atoms with Crippen molar-refractivity contribution in [3.8, 4) is 0 Å². The van der Waals surface area contributed by atoms with Crippen LogP contribution in [0.5, 0.6) is 0 Å². The zero-order chi connectivity index (χ0) is 9.14. The fourth-order valence-electron chi connectivity index (χ4n) is 1.20. The minimum Gasteiger partial charge on any atom is -0.118 e. The summed E-state index contributed by atoms with van der Waals surface area (Å²) in [6.45, 7) is 6.35. The molecule has 0 aliphatic carbocycles. The summed E-state index contributed by atoms with van der Waals surface area (Å²) in [6, 6.07) is 6.43. The third-order valence-electron chi connectivity index (χ3n) is 2.25. The zero-order valence-corrected chi connectivity index (χ0v) is 8.65. The largest absolute Gasteiger partial charge is 0.118 e. The molecule has 0 aliphatic rings. The van der Waals surface area contributed by atoms with Crippen LogP contribution in [0.1, 0.15) is 35.4 Å². The van der Waals surface area contributed by atoms with Crippen LogP contribution in [0.4, 0.5) is 0 Å². The van der Waals surface area contributed by atoms with Crippen molar-refractivity contribution in [3.05, 3.63) is 34.9 Å². The first-order valence-corrected chi connectivity index (χ1v) is 4.80. The Labute approximate surface area is 79.6 Å². The van der Waals surface area contributed by atoms with Gasteiger partial charge in [-0.25, -0.2) is 0 Å². The van der Waals surface area contributed by atoms with Crippen molar-refractivity contribution in [1.29, 1.82) is 0 Å². The Kier molecular flexibility index (Phi) is 3.16. The normalized spacial score (nSPS) is 13.0. The van der Waals surface area contributed by atoms with E-state index in [2.05, 4.69) is 39.0 Å². The molecular formula is C11H15Cl. The van der Waals surface area contributed by atoms with Gasteiger partial charge in [-0.3, -0.25) is 0 Å². The lowest BCUT2D eigenvalue weighted by molar-refractivity contribution is 0.881. The molecule has 12 heavy (non-hydrogen) atoms. The van der Waals surface area contributed by atoms with E-state index in [-0.39, 0.29) is 5.38 Å². The van der Waals surface area contributed by atoms with Crippen molar-refractivity contribution in [2.24, 2.45) is 0 Å². The first-order valence-electron chi connectivity index (χ1n) is 4.36. The van der Waals surface area contributed by atoms with Crippen LogP contribution in [-0.2, 0) is 0 Å². The monoisotopic (exact) mass is 182 g/mol. The molecule has 0 aromatic heterocycles. The number of rotatable bonds is 2. The van der Waals surface area contributed by atoms with Gasteiger partial charge in [0, 0.05) is 0 Å². The second-order valence-corrected chi connectivity index (χ2v) is 3.75. The van der Waals surface area contributed by atoms with Crippen LogP contribution in [0, 0.1) is 13.8 Å². The van der Waals surface area contributed by atoms with Crippen LogP contribution >= 0.6 is 11.6 Å². The highest BCUT2D eigenvalue weighted by Gasteiger charge is 2.04. The molecule has 0 radical (unpaired) electrons. The average molecular weight is 183 g/mol. The standard InChI is InChI=1S/C11H15Cl/c1-4-11(12)10-6-5-8(2)9(3)7-10/h5-7,11H,4H2,1-3H3. The Hall–Kier alpha value is -0.490. The fourth-order valence-corrected chi connectivity index (χ4v) is 1.33. The van der Waals surface area contributed by atoms with Gasteiger partial charge in [0.05, 0.1) is 5.38 Å². The first-order chi connectivity index (χ1) is 5.65. The Morgan fingerprint density at radius 2 is 1.92 bits per heavy atom. The Bertz CT molecular complexity index is 266. The van der Waals surface area contributed by atoms with Crippen molar-refractivity contribution < 1.29 is 0 Å². The molecular weight excluding hydrogens is 168 g/mol. The third-order valence-corrected chi connectivity index (χ3v) is 2.81. The maximum absolute atomic E-state index is 6.11. The van der Waals surface area contributed by atoms with Crippen LogP contribution in [0.3, 0.4) is 0 Å². The summed E-state index contributed by atoms with van der Waals surface area (Å²) < 4.78 is 0. The highest BCUT2D eigenvalue weighted by atomic mass is 35.5. The summed E-state index contributed by atoms with van der Waals surface area (Å²) in [5.74, 6) is 0. The van der Waals surface area contributed by atoms with Gasteiger partial charge in [0.25, 0.3) is 0 Å². The van der Waals surface area contributed by atoms with E-state index in [0.717, 1.165) is 6.42 Å². The molecule has 0 saturated heterocycles. The lowest BCUT2D eigenvalue weighted by Crippen LogP contribution is -1.90. The summed E-state index contributed by atoms with van der Waals surface area (Å²) in [5.41, 5.74) is 3.90. The number of benzene rings is 1. The molecule has 1 aromatic carbocycles. The molecule has 0 bridgehead atoms. The predicted octanol–water partition coefficient (Wildman–Crippen LogP) is 3.99. The van der Waals surface area contributed by atoms with Crippen molar-refractivity contribution in [2.75, 3.05) is 0 Å². The Morgan fingerprint density at radius 3 is 2.42 bits per heavy atom. The highest BCUT2D eigenvalue weighted by molar-refractivity contribution is 6.20. The molecule has 0 aliphatic heterocycles. The molecule has 1 atom stereocenters. The van der Waals surface area contributed by atoms with E-state index in [9.17, 15) is 0 Å². The first kappa shape index (κ1) is 9.60. The van der Waals surface area contributed by atoms with Gasteiger partial charge in [-0.1, -0.05) is 25.1 Å². The number of halogens is 1. The van der Waals surface area contributed by atoms with E-state index in [1.807, 2.05) is 0 Å². The quantitative estimate of drug-likeness (QED) is 0.607. The lowest BCUT2D eigenvalue weighted by atomic mass is 10.0. The lowest BCUT2D eigenvalue weighted by Gasteiger charge is -2.08. The highest BCUT2D eigenvalue weighted by Crippen LogP contribution is 2.25. The second kappa shape index (κ2) is 3.95. The Balaban J connectivity index is 2.96. The van der Waals surface area contributed by atoms with Crippen molar-refractivity contribution >= 4 is 11.6 Å². The summed E-state index contributed by atoms with van der Waals surface area (Å²) in [6.07, 6.45) is 0.990. The minimum absolute atomic E-state index is 0.171. The number of hydrogen-bond donors (Lipinski definition) is 0. The van der Waals surface area contributed by atoms with E-state index < -0.39 is 0 Å². The van der Waals surface area contributed by atoms with Gasteiger partial charge in [0.2, 0.25) is 0 Å². The topological polar surface area (TPSA) is 0 Å². The molecule has 0 fully saturated rings. The van der Waals surface area contributed by atoms with Gasteiger partial charge >= 0.3 is 0 Å². The van der Waals surface area contributed by atoms with E-state index in [1.165, 1.54) is 16.7 Å². The molecule has 1 unspecified atom stereocenters. The zero-order valence-electron chi connectivity index (χ0n) is 7.89. The van der Waals surface area contributed by atoms with E-state index in [0.29, 0.717) is 0 Å². The minimum atomic E-state index is 0.171. The van der Waals surface area contributed by atoms with Crippen LogP contribution in [0.25, 0.3) is 0 Å². The van der Waals surface area contributed by atoms with Gasteiger partial charge in [0.15, 0.2) is 0 Å². The predicted molar refractivity (Wildman–Crippen MR) is 54.8 cm³/mol. The maximum Gasteiger partial charge on any atom is 0.0582 e. The van der Waals surface area contributed by atoms with Gasteiger partial charge in [0.1, 0.15) is 0 Å². The van der Waals surface area contributed by atoms with Crippen molar-refractivity contribution in [2.45, 2.75) is 32.6 Å². The number of aryl methyl sites for hydroxylation is 2. The van der Waals surface area contributed by atoms with Gasteiger partial charge in [-0.05, 0) is 37.0 Å². The molecule has 0 nitrogen and oxygen atoms in total. The van der Waals surface area contributed by atoms with E-state index in [1.54, 1.807) is 0 Å². The van der Waals surface area contributed by atoms with Crippen LogP contribution in [0.15, 0.2) is 18.2 Å². The summed E-state index contributed by atoms with van der Waals surface area (Å²) in [4.78, 5) is 0. The summed E-state index contributed by atoms with van der Waals surface area (Å²) >= 11 is 6.11. The third kappa shape index (κ3) is 2.01. The van der Waals surface area contributed by atoms with Gasteiger partial charge in [-0.15, -0.1) is 11.6 Å². The molecule has 0 spiro atoms. The van der Waals surface area contributed by atoms with Crippen LogP contribution in [-0.4, -0.2) is 0 Å². The molecule has 0 N–H and O–H groups in total. The SMILES string of the molecule is CCC(Cl)c1ccc(C)c(C)c1. The molecule has 66 valence electrons. The molecule has 1 heteroatoms. The number of hydrogen-bond acceptors (Lipinski definition) is 0. The maximum atomic E-state index is 6.11.